The van der Waals surface area contributed by atoms with Crippen LogP contribution in [0.5, 0.6) is 0 Å². The van der Waals surface area contributed by atoms with Gasteiger partial charge >= 0.3 is 0 Å². The molecule has 0 aromatic heterocycles. The van der Waals surface area contributed by atoms with E-state index in [-0.39, 0.29) is 16.7 Å². The molecule has 0 bridgehead atoms. The van der Waals surface area contributed by atoms with Crippen molar-refractivity contribution in [2.75, 3.05) is 13.2 Å². The maximum Gasteiger partial charge on any atom is 0.252 e. The topological polar surface area (TPSA) is 29.5 Å². The standard InChI is InChI=1S/C20H39NO2/c1-6-7-8-9-10-11-12-13-14-17-23-21-16-15-19(2,3)20(4,5)18(21)22/h6-17H2,1-5H3. The summed E-state index contributed by atoms with van der Waals surface area (Å²) in [6.07, 6.45) is 12.8. The molecule has 1 rings (SSSR count). The zero-order valence-electron chi connectivity index (χ0n) is 16.2. The van der Waals surface area contributed by atoms with Crippen LogP contribution in [0.1, 0.15) is 98.8 Å². The van der Waals surface area contributed by atoms with Gasteiger partial charge in [-0.3, -0.25) is 9.63 Å². The van der Waals surface area contributed by atoms with E-state index in [0.717, 1.165) is 19.4 Å². The van der Waals surface area contributed by atoms with E-state index < -0.39 is 0 Å². The summed E-state index contributed by atoms with van der Waals surface area (Å²) < 4.78 is 0. The van der Waals surface area contributed by atoms with Crippen LogP contribution in [0.25, 0.3) is 0 Å². The lowest BCUT2D eigenvalue weighted by Crippen LogP contribution is -2.54. The number of nitrogens with zero attached hydrogens (tertiary/aromatic N) is 1. The first kappa shape index (κ1) is 20.5. The Morgan fingerprint density at radius 1 is 0.913 bits per heavy atom. The highest BCUT2D eigenvalue weighted by atomic mass is 16.7. The molecule has 1 amide bonds. The van der Waals surface area contributed by atoms with Crippen LogP contribution < -0.4 is 0 Å². The molecule has 3 nitrogen and oxygen atoms in total. The molecule has 0 N–H and O–H groups in total. The SMILES string of the molecule is CCCCCCCCCCCON1CCC(C)(C)C(C)(C)C1=O. The highest BCUT2D eigenvalue weighted by Gasteiger charge is 2.49. The second kappa shape index (κ2) is 9.66. The average molecular weight is 326 g/mol. The van der Waals surface area contributed by atoms with Crippen LogP contribution >= 0.6 is 0 Å². The summed E-state index contributed by atoms with van der Waals surface area (Å²) in [4.78, 5) is 18.3. The average Bonchev–Trinajstić information content (AvgIpc) is 2.50. The van der Waals surface area contributed by atoms with E-state index in [1.165, 1.54) is 51.4 Å². The second-order valence-corrected chi connectivity index (χ2v) is 8.33. The van der Waals surface area contributed by atoms with Crippen molar-refractivity contribution in [3.8, 4) is 0 Å². The summed E-state index contributed by atoms with van der Waals surface area (Å²) in [6, 6.07) is 0. The molecule has 0 radical (unpaired) electrons. The fourth-order valence-corrected chi connectivity index (χ4v) is 3.11. The number of unbranched alkanes of at least 4 members (excludes halogenated alkanes) is 8. The molecule has 0 spiro atoms. The zero-order valence-corrected chi connectivity index (χ0v) is 16.2. The highest BCUT2D eigenvalue weighted by Crippen LogP contribution is 2.45. The van der Waals surface area contributed by atoms with Gasteiger partial charge in [-0.2, -0.15) is 0 Å². The van der Waals surface area contributed by atoms with Gasteiger partial charge in [0.15, 0.2) is 0 Å². The molecular formula is C20H39NO2. The summed E-state index contributed by atoms with van der Waals surface area (Å²) in [5.41, 5.74) is -0.300. The smallest absolute Gasteiger partial charge is 0.252 e. The van der Waals surface area contributed by atoms with Crippen molar-refractivity contribution in [1.82, 2.24) is 5.06 Å². The quantitative estimate of drug-likeness (QED) is 0.454. The van der Waals surface area contributed by atoms with Crippen molar-refractivity contribution in [3.63, 3.8) is 0 Å². The monoisotopic (exact) mass is 325 g/mol. The minimum Gasteiger partial charge on any atom is -0.272 e. The number of carbonyl (C=O) groups is 1. The summed E-state index contributed by atoms with van der Waals surface area (Å²) in [5.74, 6) is 0.143. The maximum absolute atomic E-state index is 12.6. The van der Waals surface area contributed by atoms with Crippen molar-refractivity contribution in [2.24, 2.45) is 10.8 Å². The molecule has 1 fully saturated rings. The molecule has 23 heavy (non-hydrogen) atoms. The van der Waals surface area contributed by atoms with Crippen LogP contribution in [0.2, 0.25) is 0 Å². The van der Waals surface area contributed by atoms with Crippen molar-refractivity contribution < 1.29 is 9.63 Å². The lowest BCUT2D eigenvalue weighted by molar-refractivity contribution is -0.216. The first-order valence-electron chi connectivity index (χ1n) is 9.78. The first-order chi connectivity index (χ1) is 10.8. The first-order valence-corrected chi connectivity index (χ1v) is 9.78. The number of carbonyl (C=O) groups excluding carboxylic acids is 1. The van der Waals surface area contributed by atoms with Crippen molar-refractivity contribution in [1.29, 1.82) is 0 Å². The number of rotatable bonds is 11. The molecule has 0 unspecified atom stereocenters. The number of amides is 1. The summed E-state index contributed by atoms with van der Waals surface area (Å²) in [7, 11) is 0. The molecule has 1 saturated heterocycles. The molecule has 0 aliphatic carbocycles. The van der Waals surface area contributed by atoms with Gasteiger partial charge in [-0.05, 0) is 18.3 Å². The van der Waals surface area contributed by atoms with E-state index in [0.29, 0.717) is 6.61 Å². The largest absolute Gasteiger partial charge is 0.272 e. The van der Waals surface area contributed by atoms with Gasteiger partial charge in [0, 0.05) is 6.54 Å². The molecule has 0 aromatic carbocycles. The van der Waals surface area contributed by atoms with E-state index in [1.807, 2.05) is 13.8 Å². The number of piperidine rings is 1. The molecule has 0 saturated carbocycles. The van der Waals surface area contributed by atoms with Gasteiger partial charge in [-0.25, -0.2) is 5.06 Å². The zero-order chi connectivity index (χ0) is 17.3. The third kappa shape index (κ3) is 6.10. The Balaban J connectivity index is 2.09. The molecule has 136 valence electrons. The van der Waals surface area contributed by atoms with Gasteiger partial charge in [0.05, 0.1) is 12.0 Å². The minimum absolute atomic E-state index is 0.0434. The predicted molar refractivity (Wildman–Crippen MR) is 97.1 cm³/mol. The lowest BCUT2D eigenvalue weighted by Gasteiger charge is -2.47. The number of hydrogen-bond acceptors (Lipinski definition) is 2. The Bertz CT molecular complexity index is 350. The molecule has 1 aliphatic heterocycles. The predicted octanol–water partition coefficient (Wildman–Crippen LogP) is 5.73. The van der Waals surface area contributed by atoms with Crippen LogP contribution in [0, 0.1) is 10.8 Å². The summed E-state index contributed by atoms with van der Waals surface area (Å²) in [6.45, 7) is 12.1. The van der Waals surface area contributed by atoms with Crippen molar-refractivity contribution >= 4 is 5.91 Å². The van der Waals surface area contributed by atoms with E-state index in [9.17, 15) is 4.79 Å². The molecule has 0 atom stereocenters. The Labute approximate surface area is 144 Å². The number of hydrogen-bond donors (Lipinski definition) is 0. The molecule has 0 aromatic rings. The third-order valence-corrected chi connectivity index (χ3v) is 5.89. The van der Waals surface area contributed by atoms with Gasteiger partial charge in [0.2, 0.25) is 0 Å². The van der Waals surface area contributed by atoms with Gasteiger partial charge < -0.3 is 0 Å². The molecule has 3 heteroatoms. The molecule has 1 heterocycles. The van der Waals surface area contributed by atoms with Crippen LogP contribution in [0.3, 0.4) is 0 Å². The normalized spacial score (nSPS) is 20.0. The van der Waals surface area contributed by atoms with E-state index in [2.05, 4.69) is 20.8 Å². The Kier molecular flexibility index (Phi) is 8.60. The Hall–Kier alpha value is -0.570. The maximum atomic E-state index is 12.6. The van der Waals surface area contributed by atoms with Gasteiger partial charge in [0.1, 0.15) is 0 Å². The second-order valence-electron chi connectivity index (χ2n) is 8.33. The minimum atomic E-state index is -0.344. The third-order valence-electron chi connectivity index (χ3n) is 5.89. The van der Waals surface area contributed by atoms with Gasteiger partial charge in [-0.1, -0.05) is 86.0 Å². The van der Waals surface area contributed by atoms with Crippen molar-refractivity contribution in [3.05, 3.63) is 0 Å². The van der Waals surface area contributed by atoms with Crippen molar-refractivity contribution in [2.45, 2.75) is 98.8 Å². The van der Waals surface area contributed by atoms with E-state index in [1.54, 1.807) is 5.06 Å². The summed E-state index contributed by atoms with van der Waals surface area (Å²) >= 11 is 0. The fourth-order valence-electron chi connectivity index (χ4n) is 3.11. The Morgan fingerprint density at radius 2 is 1.43 bits per heavy atom. The van der Waals surface area contributed by atoms with Crippen LogP contribution in [-0.2, 0) is 9.63 Å². The summed E-state index contributed by atoms with van der Waals surface area (Å²) in [5, 5.41) is 1.62. The van der Waals surface area contributed by atoms with E-state index in [4.69, 9.17) is 4.84 Å². The molecule has 1 aliphatic rings. The van der Waals surface area contributed by atoms with Crippen LogP contribution in [0.4, 0.5) is 0 Å². The number of hydroxylamine groups is 2. The Morgan fingerprint density at radius 3 is 2.00 bits per heavy atom. The molecular weight excluding hydrogens is 286 g/mol. The van der Waals surface area contributed by atoms with Crippen LogP contribution in [0.15, 0.2) is 0 Å². The lowest BCUT2D eigenvalue weighted by atomic mass is 9.63. The highest BCUT2D eigenvalue weighted by molar-refractivity contribution is 5.82. The van der Waals surface area contributed by atoms with Gasteiger partial charge in [0.25, 0.3) is 5.91 Å². The van der Waals surface area contributed by atoms with E-state index >= 15 is 0 Å². The van der Waals surface area contributed by atoms with Crippen LogP contribution in [-0.4, -0.2) is 24.1 Å². The fraction of sp³-hybridized carbons (Fsp3) is 0.950. The van der Waals surface area contributed by atoms with Gasteiger partial charge in [-0.15, -0.1) is 0 Å².